The summed E-state index contributed by atoms with van der Waals surface area (Å²) in [6.45, 7) is 0. The molecule has 0 atom stereocenters. The van der Waals surface area contributed by atoms with Gasteiger partial charge in [-0.2, -0.15) is 10.5 Å². The number of carbonyl (C=O) groups is 1. The summed E-state index contributed by atoms with van der Waals surface area (Å²) in [4.78, 5) is 16.3. The number of carbonyl (C=O) groups excluding carboxylic acids is 1. The van der Waals surface area contributed by atoms with Gasteiger partial charge in [0.1, 0.15) is 28.7 Å². The Labute approximate surface area is 137 Å². The molecule has 0 fully saturated rings. The number of benzene rings is 1. The third-order valence-corrected chi connectivity index (χ3v) is 3.98. The number of nitrogens with zero attached hydrogens (tertiary/aromatic N) is 3. The van der Waals surface area contributed by atoms with Crippen molar-refractivity contribution in [3.8, 4) is 17.9 Å². The number of rotatable bonds is 5. The van der Waals surface area contributed by atoms with Crippen molar-refractivity contribution in [2.45, 2.75) is 5.03 Å². The van der Waals surface area contributed by atoms with Gasteiger partial charge in [0.2, 0.25) is 0 Å². The minimum Gasteiger partial charge on any atom is -0.497 e. The van der Waals surface area contributed by atoms with Crippen LogP contribution < -0.4 is 10.5 Å². The summed E-state index contributed by atoms with van der Waals surface area (Å²) in [6.07, 6.45) is 0. The van der Waals surface area contributed by atoms with E-state index in [9.17, 15) is 4.79 Å². The first kappa shape index (κ1) is 16.3. The minimum atomic E-state index is -0.123. The van der Waals surface area contributed by atoms with Crippen molar-refractivity contribution in [1.29, 1.82) is 10.5 Å². The fraction of sp³-hybridized carbons (Fsp3) is 0.125. The molecule has 0 bridgehead atoms. The highest BCUT2D eigenvalue weighted by Crippen LogP contribution is 2.25. The van der Waals surface area contributed by atoms with E-state index < -0.39 is 0 Å². The smallest absolute Gasteiger partial charge is 0.173 e. The van der Waals surface area contributed by atoms with Gasteiger partial charge in [-0.05, 0) is 18.2 Å². The lowest BCUT2D eigenvalue weighted by Crippen LogP contribution is -2.05. The number of anilines is 1. The molecule has 1 heterocycles. The molecule has 7 heteroatoms. The van der Waals surface area contributed by atoms with E-state index in [1.165, 1.54) is 13.2 Å². The zero-order valence-electron chi connectivity index (χ0n) is 12.2. The number of ketones is 1. The van der Waals surface area contributed by atoms with Crippen molar-refractivity contribution in [2.75, 3.05) is 18.6 Å². The lowest BCUT2D eigenvalue weighted by molar-refractivity contribution is 0.102. The highest BCUT2D eigenvalue weighted by atomic mass is 32.2. The Bertz CT molecular complexity index is 837. The molecule has 0 aliphatic carbocycles. The van der Waals surface area contributed by atoms with Crippen molar-refractivity contribution in [2.24, 2.45) is 0 Å². The van der Waals surface area contributed by atoms with Gasteiger partial charge in [0.25, 0.3) is 0 Å². The zero-order valence-corrected chi connectivity index (χ0v) is 13.1. The second-order valence-electron chi connectivity index (χ2n) is 4.44. The Kier molecular flexibility index (Phi) is 5.19. The van der Waals surface area contributed by atoms with Crippen molar-refractivity contribution < 1.29 is 9.53 Å². The standard InChI is InChI=1S/C16H12N4O2S/c1-22-13-4-2-3-10(6-13)14(21)9-23-16-12(8-18)5-11(7-17)15(19)20-16/h2-6H,9H2,1H3,(H2,19,20). The van der Waals surface area contributed by atoms with Crippen LogP contribution in [-0.4, -0.2) is 23.6 Å². The molecule has 0 radical (unpaired) electrons. The summed E-state index contributed by atoms with van der Waals surface area (Å²) < 4.78 is 5.08. The Morgan fingerprint density at radius 1 is 1.30 bits per heavy atom. The van der Waals surface area contributed by atoms with Gasteiger partial charge in [-0.15, -0.1) is 0 Å². The van der Waals surface area contributed by atoms with Crippen molar-refractivity contribution in [3.63, 3.8) is 0 Å². The van der Waals surface area contributed by atoms with Crippen LogP contribution in [0.4, 0.5) is 5.82 Å². The molecule has 0 saturated carbocycles. The average molecular weight is 324 g/mol. The third-order valence-electron chi connectivity index (χ3n) is 2.99. The molecule has 0 amide bonds. The van der Waals surface area contributed by atoms with Crippen LogP contribution in [0.25, 0.3) is 0 Å². The van der Waals surface area contributed by atoms with Crippen LogP contribution in [0.2, 0.25) is 0 Å². The van der Waals surface area contributed by atoms with Crippen LogP contribution in [0.3, 0.4) is 0 Å². The lowest BCUT2D eigenvalue weighted by Gasteiger charge is -2.06. The number of pyridine rings is 1. The Morgan fingerprint density at radius 3 is 2.70 bits per heavy atom. The van der Waals surface area contributed by atoms with Gasteiger partial charge in [0, 0.05) is 5.56 Å². The van der Waals surface area contributed by atoms with E-state index in [0.29, 0.717) is 16.3 Å². The fourth-order valence-corrected chi connectivity index (χ4v) is 2.66. The summed E-state index contributed by atoms with van der Waals surface area (Å²) in [5, 5.41) is 18.4. The first-order valence-electron chi connectivity index (χ1n) is 6.49. The van der Waals surface area contributed by atoms with Gasteiger partial charge < -0.3 is 10.5 Å². The van der Waals surface area contributed by atoms with Crippen LogP contribution in [0.15, 0.2) is 35.4 Å². The molecule has 2 N–H and O–H groups in total. The van der Waals surface area contributed by atoms with E-state index in [1.54, 1.807) is 24.3 Å². The number of nitriles is 2. The fourth-order valence-electron chi connectivity index (χ4n) is 1.80. The molecule has 6 nitrogen and oxygen atoms in total. The number of aromatic nitrogens is 1. The van der Waals surface area contributed by atoms with Gasteiger partial charge in [-0.3, -0.25) is 4.79 Å². The maximum absolute atomic E-state index is 12.2. The van der Waals surface area contributed by atoms with E-state index in [2.05, 4.69) is 4.98 Å². The summed E-state index contributed by atoms with van der Waals surface area (Å²) in [5.41, 5.74) is 6.53. The summed E-state index contributed by atoms with van der Waals surface area (Å²) in [7, 11) is 1.53. The Hall–Kier alpha value is -3.03. The molecule has 0 unspecified atom stereocenters. The summed E-state index contributed by atoms with van der Waals surface area (Å²) >= 11 is 1.11. The van der Waals surface area contributed by atoms with Gasteiger partial charge in [-0.25, -0.2) is 4.98 Å². The predicted molar refractivity (Wildman–Crippen MR) is 86.1 cm³/mol. The number of nitrogen functional groups attached to an aromatic ring is 1. The maximum Gasteiger partial charge on any atom is 0.173 e. The number of thioether (sulfide) groups is 1. The maximum atomic E-state index is 12.2. The SMILES string of the molecule is COc1cccc(C(=O)CSc2nc(N)c(C#N)cc2C#N)c1. The van der Waals surface area contributed by atoms with E-state index in [4.69, 9.17) is 21.0 Å². The predicted octanol–water partition coefficient (Wildman–Crippen LogP) is 2.39. The molecule has 0 aliphatic heterocycles. The summed E-state index contributed by atoms with van der Waals surface area (Å²) in [6, 6.07) is 12.0. The quantitative estimate of drug-likeness (QED) is 0.663. The number of hydrogen-bond acceptors (Lipinski definition) is 7. The average Bonchev–Trinajstić information content (AvgIpc) is 2.59. The second-order valence-corrected chi connectivity index (χ2v) is 5.41. The second kappa shape index (κ2) is 7.30. The molecule has 0 spiro atoms. The minimum absolute atomic E-state index is 0.0443. The first-order chi connectivity index (χ1) is 11.1. The molecule has 0 aliphatic rings. The lowest BCUT2D eigenvalue weighted by atomic mass is 10.1. The first-order valence-corrected chi connectivity index (χ1v) is 7.48. The van der Waals surface area contributed by atoms with E-state index in [0.717, 1.165) is 11.8 Å². The normalized spacial score (nSPS) is 9.70. The molecule has 1 aromatic carbocycles. The van der Waals surface area contributed by atoms with Crippen molar-refractivity contribution >= 4 is 23.4 Å². The van der Waals surface area contributed by atoms with E-state index in [-0.39, 0.29) is 28.5 Å². The molecule has 2 aromatic rings. The number of Topliss-reactive ketones (excluding diaryl/α,β-unsaturated/α-hetero) is 1. The number of methoxy groups -OCH3 is 1. The number of ether oxygens (including phenoxy) is 1. The monoisotopic (exact) mass is 324 g/mol. The van der Waals surface area contributed by atoms with E-state index >= 15 is 0 Å². The number of hydrogen-bond donors (Lipinski definition) is 1. The third kappa shape index (κ3) is 3.79. The van der Waals surface area contributed by atoms with Crippen LogP contribution in [0, 0.1) is 22.7 Å². The van der Waals surface area contributed by atoms with Crippen LogP contribution >= 0.6 is 11.8 Å². The molecule has 0 saturated heterocycles. The summed E-state index contributed by atoms with van der Waals surface area (Å²) in [5.74, 6) is 0.616. The Morgan fingerprint density at radius 2 is 2.04 bits per heavy atom. The molecular weight excluding hydrogens is 312 g/mol. The highest BCUT2D eigenvalue weighted by Gasteiger charge is 2.13. The topological polar surface area (TPSA) is 113 Å². The molecule has 1 aromatic heterocycles. The molecule has 2 rings (SSSR count). The van der Waals surface area contributed by atoms with Gasteiger partial charge in [0.15, 0.2) is 5.78 Å². The van der Waals surface area contributed by atoms with Crippen LogP contribution in [0.1, 0.15) is 21.5 Å². The van der Waals surface area contributed by atoms with E-state index in [1.807, 2.05) is 12.1 Å². The Balaban J connectivity index is 2.17. The molecular formula is C16H12N4O2S. The molecule has 114 valence electrons. The largest absolute Gasteiger partial charge is 0.497 e. The van der Waals surface area contributed by atoms with Gasteiger partial charge in [-0.1, -0.05) is 23.9 Å². The highest BCUT2D eigenvalue weighted by molar-refractivity contribution is 8.00. The van der Waals surface area contributed by atoms with Crippen molar-refractivity contribution in [3.05, 3.63) is 47.0 Å². The van der Waals surface area contributed by atoms with Crippen LogP contribution in [-0.2, 0) is 0 Å². The van der Waals surface area contributed by atoms with Gasteiger partial charge in [0.05, 0.1) is 24.0 Å². The molecule has 23 heavy (non-hydrogen) atoms. The van der Waals surface area contributed by atoms with Gasteiger partial charge >= 0.3 is 0 Å². The zero-order chi connectivity index (χ0) is 16.8. The van der Waals surface area contributed by atoms with Crippen molar-refractivity contribution in [1.82, 2.24) is 4.98 Å². The van der Waals surface area contributed by atoms with Crippen LogP contribution in [0.5, 0.6) is 5.75 Å². The number of nitrogens with two attached hydrogens (primary N) is 1.